The summed E-state index contributed by atoms with van der Waals surface area (Å²) in [5.74, 6) is -0.391. The van der Waals surface area contributed by atoms with Crippen molar-refractivity contribution in [3.8, 4) is 0 Å². The van der Waals surface area contributed by atoms with Gasteiger partial charge in [0.1, 0.15) is 12.2 Å². The van der Waals surface area contributed by atoms with Crippen LogP contribution in [0.5, 0.6) is 0 Å². The van der Waals surface area contributed by atoms with Gasteiger partial charge in [-0.2, -0.15) is 0 Å². The standard InChI is InChI=1S/C56H99O9P/c1-3-5-7-9-11-13-15-17-19-21-23-25-26-27-29-31-33-35-37-39-41-43-45-47-49-62-52-55(53-64-66(60,61)63-51-54(58)50-57)65-56(59)48-46-44-42-40-38-36-34-32-30-28-24-22-20-18-16-14-12-10-8-6-4-2/h5,7,11,13,16-19,22-25,27,29,54-55,57-58H,3-4,6,8-10,12,14-15,20-21,26,28,30-53H2,1-2H3,(H,60,61)/b7-5-,13-11-,18-16-,19-17-,24-22-,25-23-,29-27-. The number of phosphoric ester groups is 1. The zero-order valence-corrected chi connectivity index (χ0v) is 43.0. The van der Waals surface area contributed by atoms with Gasteiger partial charge in [0, 0.05) is 13.0 Å². The van der Waals surface area contributed by atoms with E-state index >= 15 is 0 Å². The first kappa shape index (κ1) is 63.6. The highest BCUT2D eigenvalue weighted by Crippen LogP contribution is 2.43. The van der Waals surface area contributed by atoms with E-state index in [1.807, 2.05) is 0 Å². The molecule has 0 saturated carbocycles. The number of unbranched alkanes of at least 4 members (excludes halogenated alkanes) is 22. The van der Waals surface area contributed by atoms with Gasteiger partial charge in [-0.3, -0.25) is 13.8 Å². The van der Waals surface area contributed by atoms with E-state index in [0.717, 1.165) is 96.3 Å². The number of aliphatic hydroxyl groups excluding tert-OH is 2. The number of hydrogen-bond acceptors (Lipinski definition) is 8. The van der Waals surface area contributed by atoms with Gasteiger partial charge in [0.15, 0.2) is 0 Å². The van der Waals surface area contributed by atoms with Crippen molar-refractivity contribution in [2.24, 2.45) is 0 Å². The van der Waals surface area contributed by atoms with Crippen LogP contribution < -0.4 is 0 Å². The number of allylic oxidation sites excluding steroid dienone is 14. The maximum atomic E-state index is 12.7. The molecular formula is C56H99O9P. The van der Waals surface area contributed by atoms with Gasteiger partial charge in [0.25, 0.3) is 0 Å². The van der Waals surface area contributed by atoms with Crippen molar-refractivity contribution < 1.29 is 43.0 Å². The Morgan fingerprint density at radius 2 is 0.864 bits per heavy atom. The van der Waals surface area contributed by atoms with Crippen molar-refractivity contribution in [3.05, 3.63) is 85.1 Å². The van der Waals surface area contributed by atoms with E-state index in [1.165, 1.54) is 103 Å². The minimum atomic E-state index is -4.53. The molecule has 3 unspecified atom stereocenters. The van der Waals surface area contributed by atoms with Gasteiger partial charge in [-0.1, -0.05) is 208 Å². The second-order valence-corrected chi connectivity index (χ2v) is 19.0. The number of phosphoric acid groups is 1. The number of rotatable bonds is 50. The van der Waals surface area contributed by atoms with Gasteiger partial charge in [0.2, 0.25) is 0 Å². The maximum absolute atomic E-state index is 12.7. The summed E-state index contributed by atoms with van der Waals surface area (Å²) < 4.78 is 33.6. The van der Waals surface area contributed by atoms with E-state index in [9.17, 15) is 19.4 Å². The van der Waals surface area contributed by atoms with Crippen LogP contribution in [-0.4, -0.2) is 66.3 Å². The molecule has 0 aliphatic heterocycles. The molecule has 0 saturated heterocycles. The SMILES string of the molecule is CC/C=C\C/C=C\C/C=C\C/C=C\C/C=C\CCCCCCCCCCOCC(COP(=O)(O)OCC(O)CO)OC(=O)CCCCCCCCCCC/C=C\C/C=C\CCCCCCC. The zero-order valence-electron chi connectivity index (χ0n) is 42.1. The minimum absolute atomic E-state index is 0.0375. The highest BCUT2D eigenvalue weighted by atomic mass is 31.2. The molecule has 0 fully saturated rings. The van der Waals surface area contributed by atoms with Crippen LogP contribution in [0.1, 0.15) is 219 Å². The summed E-state index contributed by atoms with van der Waals surface area (Å²) in [7, 11) is -4.53. The second-order valence-electron chi connectivity index (χ2n) is 17.5. The van der Waals surface area contributed by atoms with Crippen LogP contribution in [0, 0.1) is 0 Å². The van der Waals surface area contributed by atoms with E-state index in [1.54, 1.807) is 0 Å². The van der Waals surface area contributed by atoms with Crippen molar-refractivity contribution in [2.45, 2.75) is 232 Å². The molecule has 0 aliphatic rings. The number of ether oxygens (including phenoxy) is 2. The summed E-state index contributed by atoms with van der Waals surface area (Å²) in [6, 6.07) is 0. The molecule has 0 aromatic rings. The molecule has 382 valence electrons. The third-order valence-electron chi connectivity index (χ3n) is 11.1. The fraction of sp³-hybridized carbons (Fsp3) is 0.732. The third kappa shape index (κ3) is 51.0. The fourth-order valence-electron chi connectivity index (χ4n) is 7.06. The first-order valence-electron chi connectivity index (χ1n) is 26.6. The van der Waals surface area contributed by atoms with Gasteiger partial charge >= 0.3 is 13.8 Å². The van der Waals surface area contributed by atoms with Crippen LogP contribution in [0.2, 0.25) is 0 Å². The monoisotopic (exact) mass is 947 g/mol. The topological polar surface area (TPSA) is 132 Å². The van der Waals surface area contributed by atoms with E-state index in [-0.39, 0.29) is 19.6 Å². The number of esters is 1. The van der Waals surface area contributed by atoms with Gasteiger partial charge < -0.3 is 24.6 Å². The Bertz CT molecular complexity index is 1300. The molecule has 10 heteroatoms. The summed E-state index contributed by atoms with van der Waals surface area (Å²) in [5.41, 5.74) is 0. The summed E-state index contributed by atoms with van der Waals surface area (Å²) in [4.78, 5) is 22.7. The Balaban J connectivity index is 4.11. The molecule has 0 aromatic heterocycles. The van der Waals surface area contributed by atoms with Gasteiger partial charge in [-0.25, -0.2) is 4.57 Å². The minimum Gasteiger partial charge on any atom is -0.457 e. The van der Waals surface area contributed by atoms with Crippen LogP contribution in [0.15, 0.2) is 85.1 Å². The molecule has 3 N–H and O–H groups in total. The fourth-order valence-corrected chi connectivity index (χ4v) is 7.85. The van der Waals surface area contributed by atoms with Gasteiger partial charge in [-0.05, 0) is 89.9 Å². The maximum Gasteiger partial charge on any atom is 0.472 e. The lowest BCUT2D eigenvalue weighted by atomic mass is 10.1. The van der Waals surface area contributed by atoms with Gasteiger partial charge in [0.05, 0.1) is 26.4 Å². The van der Waals surface area contributed by atoms with E-state index in [0.29, 0.717) is 6.61 Å². The van der Waals surface area contributed by atoms with Gasteiger partial charge in [-0.15, -0.1) is 0 Å². The number of carbonyl (C=O) groups excluding carboxylic acids is 1. The quantitative estimate of drug-likeness (QED) is 0.0236. The van der Waals surface area contributed by atoms with Crippen LogP contribution in [0.4, 0.5) is 0 Å². The van der Waals surface area contributed by atoms with E-state index < -0.39 is 39.2 Å². The first-order chi connectivity index (χ1) is 32.3. The Morgan fingerprint density at radius 1 is 0.485 bits per heavy atom. The number of aliphatic hydroxyl groups is 2. The molecule has 0 aliphatic carbocycles. The van der Waals surface area contributed by atoms with Crippen LogP contribution in [0.3, 0.4) is 0 Å². The normalized spacial score (nSPS) is 14.4. The first-order valence-corrected chi connectivity index (χ1v) is 28.1. The van der Waals surface area contributed by atoms with Crippen molar-refractivity contribution in [1.29, 1.82) is 0 Å². The third-order valence-corrected chi connectivity index (χ3v) is 12.0. The Labute approximate surface area is 405 Å². The predicted molar refractivity (Wildman–Crippen MR) is 279 cm³/mol. The van der Waals surface area contributed by atoms with Crippen molar-refractivity contribution >= 4 is 13.8 Å². The highest BCUT2D eigenvalue weighted by molar-refractivity contribution is 7.47. The zero-order chi connectivity index (χ0) is 48.1. The largest absolute Gasteiger partial charge is 0.472 e. The van der Waals surface area contributed by atoms with E-state index in [4.69, 9.17) is 23.6 Å². The second kappa shape index (κ2) is 52.0. The molecule has 3 atom stereocenters. The summed E-state index contributed by atoms with van der Waals surface area (Å²) >= 11 is 0. The highest BCUT2D eigenvalue weighted by Gasteiger charge is 2.26. The molecule has 0 amide bonds. The molecule has 0 aromatic carbocycles. The molecule has 0 bridgehead atoms. The lowest BCUT2D eigenvalue weighted by Crippen LogP contribution is -2.29. The predicted octanol–water partition coefficient (Wildman–Crippen LogP) is 15.8. The Hall–Kier alpha value is -2.36. The average molecular weight is 947 g/mol. The van der Waals surface area contributed by atoms with Crippen LogP contribution >= 0.6 is 7.82 Å². The average Bonchev–Trinajstić information content (AvgIpc) is 3.31. The summed E-state index contributed by atoms with van der Waals surface area (Å²) in [6.45, 7) is 3.38. The Kier molecular flexibility index (Phi) is 50.2. The Morgan fingerprint density at radius 3 is 1.30 bits per heavy atom. The van der Waals surface area contributed by atoms with Crippen molar-refractivity contribution in [2.75, 3.05) is 33.0 Å². The molecule has 0 radical (unpaired) electrons. The lowest BCUT2D eigenvalue weighted by Gasteiger charge is -2.20. The smallest absolute Gasteiger partial charge is 0.457 e. The molecule has 0 rings (SSSR count). The molecular weight excluding hydrogens is 848 g/mol. The van der Waals surface area contributed by atoms with Crippen molar-refractivity contribution in [3.63, 3.8) is 0 Å². The summed E-state index contributed by atoms with van der Waals surface area (Å²) in [6.07, 6.45) is 65.5. The molecule has 66 heavy (non-hydrogen) atoms. The van der Waals surface area contributed by atoms with Crippen LogP contribution in [-0.2, 0) is 27.9 Å². The summed E-state index contributed by atoms with van der Waals surface area (Å²) in [5, 5.41) is 18.4. The molecule has 9 nitrogen and oxygen atoms in total. The number of carbonyl (C=O) groups is 1. The van der Waals surface area contributed by atoms with Crippen LogP contribution in [0.25, 0.3) is 0 Å². The molecule has 0 heterocycles. The lowest BCUT2D eigenvalue weighted by molar-refractivity contribution is -0.154. The van der Waals surface area contributed by atoms with Crippen molar-refractivity contribution in [1.82, 2.24) is 0 Å². The molecule has 0 spiro atoms. The van der Waals surface area contributed by atoms with E-state index in [2.05, 4.69) is 98.9 Å². The number of hydrogen-bond donors (Lipinski definition) is 3.